The van der Waals surface area contributed by atoms with Gasteiger partial charge in [-0.25, -0.2) is 0 Å². The van der Waals surface area contributed by atoms with Crippen LogP contribution in [0.15, 0.2) is 66.9 Å². The highest BCUT2D eigenvalue weighted by Gasteiger charge is 2.11. The normalized spacial score (nSPS) is 12.4. The van der Waals surface area contributed by atoms with Crippen molar-refractivity contribution in [3.63, 3.8) is 0 Å². The van der Waals surface area contributed by atoms with E-state index >= 15 is 0 Å². The lowest BCUT2D eigenvalue weighted by Crippen LogP contribution is -2.01. The van der Waals surface area contributed by atoms with Gasteiger partial charge in [0.15, 0.2) is 0 Å². The van der Waals surface area contributed by atoms with Gasteiger partial charge >= 0.3 is 0 Å². The van der Waals surface area contributed by atoms with Crippen LogP contribution in [0.2, 0.25) is 0 Å². The molecule has 100 valence electrons. The summed E-state index contributed by atoms with van der Waals surface area (Å²) in [6.45, 7) is 0. The van der Waals surface area contributed by atoms with Crippen LogP contribution < -0.4 is 0 Å². The van der Waals surface area contributed by atoms with Gasteiger partial charge in [-0.15, -0.1) is 0 Å². The first-order chi connectivity index (χ1) is 9.84. The molecule has 1 N–H and O–H groups in total. The minimum atomic E-state index is -0.478. The number of fused-ring (bicyclic) bond motifs is 1. The summed E-state index contributed by atoms with van der Waals surface area (Å²) in [6.07, 6.45) is 2.87. The predicted octanol–water partition coefficient (Wildman–Crippen LogP) is 3.90. The van der Waals surface area contributed by atoms with Crippen LogP contribution in [0.4, 0.5) is 0 Å². The first-order valence-electron chi connectivity index (χ1n) is 6.90. The second kappa shape index (κ2) is 5.85. The number of aliphatic hydroxyl groups is 1. The molecule has 0 saturated heterocycles. The number of para-hydroxylation sites is 1. The zero-order valence-electron chi connectivity index (χ0n) is 11.2. The molecule has 0 bridgehead atoms. The predicted molar refractivity (Wildman–Crippen MR) is 81.5 cm³/mol. The summed E-state index contributed by atoms with van der Waals surface area (Å²) >= 11 is 0. The maximum Gasteiger partial charge on any atom is 0.0814 e. The van der Waals surface area contributed by atoms with Crippen LogP contribution >= 0.6 is 0 Å². The van der Waals surface area contributed by atoms with Gasteiger partial charge in [0.2, 0.25) is 0 Å². The average molecular weight is 263 g/mol. The quantitative estimate of drug-likeness (QED) is 0.774. The number of nitrogens with zero attached hydrogens (tertiary/aromatic N) is 1. The number of aryl methyl sites for hydroxylation is 1. The maximum atomic E-state index is 10.4. The number of benzene rings is 2. The molecule has 1 unspecified atom stereocenters. The van der Waals surface area contributed by atoms with Gasteiger partial charge in [-0.05, 0) is 24.5 Å². The SMILES string of the molecule is OC(CCc1ccccc1)c1cccc2cccnc12. The Balaban J connectivity index is 1.80. The van der Waals surface area contributed by atoms with Gasteiger partial charge in [0, 0.05) is 17.1 Å². The van der Waals surface area contributed by atoms with E-state index in [2.05, 4.69) is 17.1 Å². The standard InChI is InChI=1S/C18H17NO/c20-17(12-11-14-6-2-1-3-7-14)16-10-4-8-15-9-5-13-19-18(15)16/h1-10,13,17,20H,11-12H2. The lowest BCUT2D eigenvalue weighted by molar-refractivity contribution is 0.169. The van der Waals surface area contributed by atoms with Crippen molar-refractivity contribution < 1.29 is 5.11 Å². The van der Waals surface area contributed by atoms with Crippen molar-refractivity contribution in [3.8, 4) is 0 Å². The molecule has 1 heterocycles. The Hall–Kier alpha value is -2.19. The smallest absolute Gasteiger partial charge is 0.0814 e. The molecule has 2 aromatic carbocycles. The Bertz CT molecular complexity index is 689. The van der Waals surface area contributed by atoms with Gasteiger partial charge in [-0.1, -0.05) is 54.6 Å². The summed E-state index contributed by atoms with van der Waals surface area (Å²) in [5.41, 5.74) is 3.06. The molecule has 3 aromatic rings. The van der Waals surface area contributed by atoms with Gasteiger partial charge in [0.05, 0.1) is 11.6 Å². The number of rotatable bonds is 4. The van der Waals surface area contributed by atoms with E-state index < -0.39 is 6.10 Å². The molecule has 2 nitrogen and oxygen atoms in total. The molecular formula is C18H17NO. The van der Waals surface area contributed by atoms with Gasteiger partial charge in [-0.2, -0.15) is 0 Å². The molecule has 0 fully saturated rings. The van der Waals surface area contributed by atoms with Crippen molar-refractivity contribution in [1.82, 2.24) is 4.98 Å². The molecule has 0 spiro atoms. The zero-order valence-corrected chi connectivity index (χ0v) is 11.2. The first kappa shape index (κ1) is 12.8. The molecule has 0 saturated carbocycles. The second-order valence-electron chi connectivity index (χ2n) is 4.96. The van der Waals surface area contributed by atoms with E-state index in [4.69, 9.17) is 0 Å². The third kappa shape index (κ3) is 2.70. The first-order valence-corrected chi connectivity index (χ1v) is 6.90. The second-order valence-corrected chi connectivity index (χ2v) is 4.96. The van der Waals surface area contributed by atoms with Crippen molar-refractivity contribution in [3.05, 3.63) is 78.0 Å². The number of pyridine rings is 1. The summed E-state index contributed by atoms with van der Waals surface area (Å²) in [5, 5.41) is 11.5. The van der Waals surface area contributed by atoms with Gasteiger partial charge < -0.3 is 5.11 Å². The highest BCUT2D eigenvalue weighted by atomic mass is 16.3. The van der Waals surface area contributed by atoms with Crippen LogP contribution in [0.25, 0.3) is 10.9 Å². The fourth-order valence-corrected chi connectivity index (χ4v) is 2.50. The van der Waals surface area contributed by atoms with Crippen molar-refractivity contribution in [1.29, 1.82) is 0 Å². The van der Waals surface area contributed by atoms with Gasteiger partial charge in [-0.3, -0.25) is 4.98 Å². The van der Waals surface area contributed by atoms with Gasteiger partial charge in [0.1, 0.15) is 0 Å². The van der Waals surface area contributed by atoms with Crippen LogP contribution in [0, 0.1) is 0 Å². The highest BCUT2D eigenvalue weighted by molar-refractivity contribution is 5.81. The summed E-state index contributed by atoms with van der Waals surface area (Å²) in [4.78, 5) is 4.40. The third-order valence-corrected chi connectivity index (χ3v) is 3.57. The third-order valence-electron chi connectivity index (χ3n) is 3.57. The zero-order chi connectivity index (χ0) is 13.8. The number of aliphatic hydroxyl groups excluding tert-OH is 1. The fourth-order valence-electron chi connectivity index (χ4n) is 2.50. The molecule has 0 radical (unpaired) electrons. The summed E-state index contributed by atoms with van der Waals surface area (Å²) in [6, 6.07) is 20.2. The Kier molecular flexibility index (Phi) is 3.75. The minimum Gasteiger partial charge on any atom is -0.388 e. The molecule has 1 aromatic heterocycles. The molecule has 0 aliphatic heterocycles. The molecule has 0 aliphatic rings. The van der Waals surface area contributed by atoms with E-state index in [1.165, 1.54) is 5.56 Å². The van der Waals surface area contributed by atoms with E-state index in [1.807, 2.05) is 48.5 Å². The molecule has 3 rings (SSSR count). The number of hydrogen-bond acceptors (Lipinski definition) is 2. The fraction of sp³-hybridized carbons (Fsp3) is 0.167. The van der Waals surface area contributed by atoms with Crippen LogP contribution in [0.5, 0.6) is 0 Å². The Labute approximate surface area is 118 Å². The van der Waals surface area contributed by atoms with Crippen LogP contribution in [-0.4, -0.2) is 10.1 Å². The monoisotopic (exact) mass is 263 g/mol. The highest BCUT2D eigenvalue weighted by Crippen LogP contribution is 2.25. The van der Waals surface area contributed by atoms with E-state index in [9.17, 15) is 5.11 Å². The molecular weight excluding hydrogens is 246 g/mol. The van der Waals surface area contributed by atoms with Crippen molar-refractivity contribution in [2.45, 2.75) is 18.9 Å². The van der Waals surface area contributed by atoms with Crippen LogP contribution in [-0.2, 0) is 6.42 Å². The van der Waals surface area contributed by atoms with Crippen molar-refractivity contribution in [2.75, 3.05) is 0 Å². The van der Waals surface area contributed by atoms with E-state index in [1.54, 1.807) is 6.20 Å². The summed E-state index contributed by atoms with van der Waals surface area (Å²) < 4.78 is 0. The van der Waals surface area contributed by atoms with E-state index in [0.29, 0.717) is 6.42 Å². The minimum absolute atomic E-state index is 0.478. The molecule has 0 amide bonds. The average Bonchev–Trinajstić information content (AvgIpc) is 2.53. The summed E-state index contributed by atoms with van der Waals surface area (Å²) in [7, 11) is 0. The van der Waals surface area contributed by atoms with Crippen molar-refractivity contribution in [2.24, 2.45) is 0 Å². The Morgan fingerprint density at radius 1 is 0.900 bits per heavy atom. The lowest BCUT2D eigenvalue weighted by atomic mass is 9.99. The van der Waals surface area contributed by atoms with E-state index in [-0.39, 0.29) is 0 Å². The van der Waals surface area contributed by atoms with Crippen molar-refractivity contribution >= 4 is 10.9 Å². The number of hydrogen-bond donors (Lipinski definition) is 1. The van der Waals surface area contributed by atoms with Gasteiger partial charge in [0.25, 0.3) is 0 Å². The van der Waals surface area contributed by atoms with Crippen LogP contribution in [0.1, 0.15) is 23.7 Å². The Morgan fingerprint density at radius 3 is 2.55 bits per heavy atom. The Morgan fingerprint density at radius 2 is 1.70 bits per heavy atom. The van der Waals surface area contributed by atoms with Crippen LogP contribution in [0.3, 0.4) is 0 Å². The molecule has 20 heavy (non-hydrogen) atoms. The maximum absolute atomic E-state index is 10.4. The topological polar surface area (TPSA) is 33.1 Å². The largest absolute Gasteiger partial charge is 0.388 e. The number of aromatic nitrogens is 1. The lowest BCUT2D eigenvalue weighted by Gasteiger charge is -2.13. The molecule has 0 aliphatic carbocycles. The summed E-state index contributed by atoms with van der Waals surface area (Å²) in [5.74, 6) is 0. The molecule has 1 atom stereocenters. The molecule has 2 heteroatoms. The van der Waals surface area contributed by atoms with E-state index in [0.717, 1.165) is 22.9 Å².